The maximum Gasteiger partial charge on any atom is 0.146 e. The minimum atomic E-state index is -0.229. The van der Waals surface area contributed by atoms with Crippen LogP contribution in [0, 0.1) is 12.7 Å². The van der Waals surface area contributed by atoms with Crippen LogP contribution < -0.4 is 5.32 Å². The molecule has 0 aliphatic rings. The normalized spacial score (nSPS) is 10.8. The molecule has 2 nitrogen and oxygen atoms in total. The van der Waals surface area contributed by atoms with E-state index in [0.29, 0.717) is 12.2 Å². The third-order valence-electron chi connectivity index (χ3n) is 3.24. The van der Waals surface area contributed by atoms with Gasteiger partial charge in [0, 0.05) is 17.5 Å². The largest absolute Gasteiger partial charge is 0.464 e. The monoisotopic (exact) mass is 255 g/mol. The third-order valence-corrected chi connectivity index (χ3v) is 3.24. The van der Waals surface area contributed by atoms with Crippen LogP contribution >= 0.6 is 0 Å². The van der Waals surface area contributed by atoms with E-state index in [1.54, 1.807) is 12.3 Å². The lowest BCUT2D eigenvalue weighted by Gasteiger charge is -2.09. The van der Waals surface area contributed by atoms with E-state index in [2.05, 4.69) is 5.32 Å². The molecule has 0 amide bonds. The van der Waals surface area contributed by atoms with Crippen LogP contribution in [-0.2, 0) is 6.54 Å². The van der Waals surface area contributed by atoms with Crippen molar-refractivity contribution >= 4 is 16.7 Å². The first kappa shape index (κ1) is 11.8. The summed E-state index contributed by atoms with van der Waals surface area (Å²) in [5.41, 5.74) is 3.32. The van der Waals surface area contributed by atoms with E-state index in [1.165, 1.54) is 6.07 Å². The first-order valence-electron chi connectivity index (χ1n) is 6.20. The molecule has 96 valence electrons. The van der Waals surface area contributed by atoms with Gasteiger partial charge in [0.25, 0.3) is 0 Å². The van der Waals surface area contributed by atoms with Crippen molar-refractivity contribution < 1.29 is 8.81 Å². The summed E-state index contributed by atoms with van der Waals surface area (Å²) < 4.78 is 19.2. The average Bonchev–Trinajstić information content (AvgIpc) is 2.82. The second kappa shape index (κ2) is 4.76. The molecule has 0 aliphatic heterocycles. The second-order valence-corrected chi connectivity index (χ2v) is 4.54. The van der Waals surface area contributed by atoms with Gasteiger partial charge in [-0.25, -0.2) is 4.39 Å². The van der Waals surface area contributed by atoms with Crippen LogP contribution in [0.2, 0.25) is 0 Å². The van der Waals surface area contributed by atoms with Crippen molar-refractivity contribution in [3.63, 3.8) is 0 Å². The van der Waals surface area contributed by atoms with Gasteiger partial charge in [-0.15, -0.1) is 0 Å². The van der Waals surface area contributed by atoms with Crippen LogP contribution in [0.3, 0.4) is 0 Å². The zero-order valence-electron chi connectivity index (χ0n) is 10.6. The number of anilines is 1. The molecule has 3 aromatic rings. The first-order chi connectivity index (χ1) is 9.25. The molecule has 3 rings (SSSR count). The summed E-state index contributed by atoms with van der Waals surface area (Å²) in [5, 5.41) is 4.20. The summed E-state index contributed by atoms with van der Waals surface area (Å²) in [6, 6.07) is 12.9. The van der Waals surface area contributed by atoms with E-state index in [9.17, 15) is 4.39 Å². The summed E-state index contributed by atoms with van der Waals surface area (Å²) in [4.78, 5) is 0. The van der Waals surface area contributed by atoms with Crippen LogP contribution in [0.15, 0.2) is 53.1 Å². The molecule has 0 aliphatic carbocycles. The molecule has 1 heterocycles. The molecule has 0 saturated carbocycles. The Morgan fingerprint density at radius 3 is 2.79 bits per heavy atom. The van der Waals surface area contributed by atoms with Gasteiger partial charge in [0.05, 0.1) is 12.0 Å². The lowest BCUT2D eigenvalue weighted by molar-refractivity contribution is 0.610. The topological polar surface area (TPSA) is 25.2 Å². The zero-order valence-corrected chi connectivity index (χ0v) is 10.6. The summed E-state index contributed by atoms with van der Waals surface area (Å²) in [7, 11) is 0. The molecule has 0 radical (unpaired) electrons. The molecule has 0 bridgehead atoms. The Kier molecular flexibility index (Phi) is 2.95. The fraction of sp³-hybridized carbons (Fsp3) is 0.125. The van der Waals surface area contributed by atoms with Crippen LogP contribution in [0.25, 0.3) is 11.0 Å². The number of halogens is 1. The molecular formula is C16H14FNO. The molecule has 19 heavy (non-hydrogen) atoms. The van der Waals surface area contributed by atoms with Crippen molar-refractivity contribution in [3.05, 3.63) is 65.7 Å². The molecule has 2 aromatic carbocycles. The number of benzene rings is 2. The predicted molar refractivity (Wildman–Crippen MR) is 74.7 cm³/mol. The fourth-order valence-electron chi connectivity index (χ4n) is 2.21. The van der Waals surface area contributed by atoms with Crippen LogP contribution in [0.4, 0.5) is 10.1 Å². The molecule has 0 spiro atoms. The number of nitrogens with one attached hydrogen (secondary N) is 1. The molecule has 0 unspecified atom stereocenters. The van der Waals surface area contributed by atoms with Gasteiger partial charge in [-0.2, -0.15) is 0 Å². The van der Waals surface area contributed by atoms with Crippen molar-refractivity contribution in [3.8, 4) is 0 Å². The van der Waals surface area contributed by atoms with Crippen LogP contribution in [0.5, 0.6) is 0 Å². The Balaban J connectivity index is 1.87. The average molecular weight is 255 g/mol. The highest BCUT2D eigenvalue weighted by Gasteiger charge is 2.08. The number of para-hydroxylation sites is 2. The van der Waals surface area contributed by atoms with Gasteiger partial charge < -0.3 is 9.73 Å². The smallest absolute Gasteiger partial charge is 0.146 e. The molecule has 0 atom stereocenters. The van der Waals surface area contributed by atoms with Crippen molar-refractivity contribution in [2.24, 2.45) is 0 Å². The zero-order chi connectivity index (χ0) is 13.2. The summed E-state index contributed by atoms with van der Waals surface area (Å²) in [5.74, 6) is -0.229. The van der Waals surface area contributed by atoms with E-state index < -0.39 is 0 Å². The molecule has 1 N–H and O–H groups in total. The fourth-order valence-corrected chi connectivity index (χ4v) is 2.21. The van der Waals surface area contributed by atoms with Gasteiger partial charge in [-0.3, -0.25) is 0 Å². The van der Waals surface area contributed by atoms with Crippen molar-refractivity contribution in [2.45, 2.75) is 13.5 Å². The number of furan rings is 1. The van der Waals surface area contributed by atoms with E-state index >= 15 is 0 Å². The predicted octanol–water partition coefficient (Wildman–Crippen LogP) is 4.49. The lowest BCUT2D eigenvalue weighted by atomic mass is 10.1. The number of rotatable bonds is 3. The van der Waals surface area contributed by atoms with Crippen molar-refractivity contribution in [1.82, 2.24) is 0 Å². The van der Waals surface area contributed by atoms with Crippen LogP contribution in [-0.4, -0.2) is 0 Å². The molecule has 3 heteroatoms. The summed E-state index contributed by atoms with van der Waals surface area (Å²) >= 11 is 0. The SMILES string of the molecule is Cc1cccc(F)c1NCc1coc2ccccc12. The standard InChI is InChI=1S/C16H14FNO/c1-11-5-4-7-14(17)16(11)18-9-12-10-19-15-8-3-2-6-13(12)15/h2-8,10,18H,9H2,1H3. The third kappa shape index (κ3) is 2.19. The quantitative estimate of drug-likeness (QED) is 0.745. The second-order valence-electron chi connectivity index (χ2n) is 4.54. The molecule has 1 aromatic heterocycles. The molecule has 0 fully saturated rings. The Bertz CT molecular complexity index is 697. The van der Waals surface area contributed by atoms with E-state index in [-0.39, 0.29) is 5.82 Å². The highest BCUT2D eigenvalue weighted by atomic mass is 19.1. The number of hydrogen-bond acceptors (Lipinski definition) is 2. The van der Waals surface area contributed by atoms with E-state index in [0.717, 1.165) is 22.1 Å². The Morgan fingerprint density at radius 2 is 1.95 bits per heavy atom. The number of fused-ring (bicyclic) bond motifs is 1. The maximum atomic E-state index is 13.7. The first-order valence-corrected chi connectivity index (χ1v) is 6.20. The minimum Gasteiger partial charge on any atom is -0.464 e. The lowest BCUT2D eigenvalue weighted by Crippen LogP contribution is -2.02. The summed E-state index contributed by atoms with van der Waals surface area (Å²) in [6.45, 7) is 2.43. The van der Waals surface area contributed by atoms with Gasteiger partial charge in [0.15, 0.2) is 0 Å². The van der Waals surface area contributed by atoms with Gasteiger partial charge in [0.1, 0.15) is 11.4 Å². The maximum absolute atomic E-state index is 13.7. The van der Waals surface area contributed by atoms with E-state index in [4.69, 9.17) is 4.42 Å². The number of hydrogen-bond donors (Lipinski definition) is 1. The highest BCUT2D eigenvalue weighted by Crippen LogP contribution is 2.24. The van der Waals surface area contributed by atoms with Gasteiger partial charge in [0.2, 0.25) is 0 Å². The van der Waals surface area contributed by atoms with Crippen molar-refractivity contribution in [2.75, 3.05) is 5.32 Å². The van der Waals surface area contributed by atoms with Crippen molar-refractivity contribution in [1.29, 1.82) is 0 Å². The Labute approximate surface area is 110 Å². The molecular weight excluding hydrogens is 241 g/mol. The van der Waals surface area contributed by atoms with Gasteiger partial charge in [-0.05, 0) is 24.6 Å². The Morgan fingerprint density at radius 1 is 1.11 bits per heavy atom. The van der Waals surface area contributed by atoms with E-state index in [1.807, 2.05) is 37.3 Å². The minimum absolute atomic E-state index is 0.229. The molecule has 0 saturated heterocycles. The summed E-state index contributed by atoms with van der Waals surface area (Å²) in [6.07, 6.45) is 1.72. The van der Waals surface area contributed by atoms with Gasteiger partial charge in [-0.1, -0.05) is 30.3 Å². The Hall–Kier alpha value is -2.29. The highest BCUT2D eigenvalue weighted by molar-refractivity contribution is 5.81. The number of aryl methyl sites for hydroxylation is 1. The van der Waals surface area contributed by atoms with Crippen LogP contribution in [0.1, 0.15) is 11.1 Å². The van der Waals surface area contributed by atoms with Gasteiger partial charge >= 0.3 is 0 Å².